The number of nitrogens with zero attached hydrogens (tertiary/aromatic N) is 4. The van der Waals surface area contributed by atoms with Gasteiger partial charge < -0.3 is 15.1 Å². The van der Waals surface area contributed by atoms with Crippen LogP contribution in [0.2, 0.25) is 0 Å². The van der Waals surface area contributed by atoms with Crippen molar-refractivity contribution in [3.05, 3.63) is 70.9 Å². The van der Waals surface area contributed by atoms with Gasteiger partial charge >= 0.3 is 0 Å². The number of aryl methyl sites for hydroxylation is 1. The summed E-state index contributed by atoms with van der Waals surface area (Å²) in [6.45, 7) is 7.38. The van der Waals surface area contributed by atoms with E-state index in [0.29, 0.717) is 0 Å². The molecule has 5 nitrogen and oxygen atoms in total. The molecule has 1 atom stereocenters. The Kier molecular flexibility index (Phi) is 6.53. The molecule has 0 spiro atoms. The molecular weight excluding hydrogens is 438 g/mol. The van der Waals surface area contributed by atoms with Crippen molar-refractivity contribution in [1.82, 2.24) is 14.9 Å². The fourth-order valence-corrected chi connectivity index (χ4v) is 5.83. The third-order valence-electron chi connectivity index (χ3n) is 6.44. The SMILES string of the molecule is Cc1nc(NC(C)c2ccc(-c3ccccc3CN(C)C)s2)c2cc(N3CCCC3)ccc2n1. The van der Waals surface area contributed by atoms with Crippen LogP contribution >= 0.6 is 11.3 Å². The average molecular weight is 472 g/mol. The largest absolute Gasteiger partial charge is 0.372 e. The van der Waals surface area contributed by atoms with Crippen LogP contribution in [-0.2, 0) is 6.54 Å². The zero-order valence-electron chi connectivity index (χ0n) is 20.5. The van der Waals surface area contributed by atoms with Crippen molar-refractivity contribution in [2.75, 3.05) is 37.4 Å². The van der Waals surface area contributed by atoms with E-state index in [-0.39, 0.29) is 6.04 Å². The summed E-state index contributed by atoms with van der Waals surface area (Å²) in [5.41, 5.74) is 4.94. The zero-order chi connectivity index (χ0) is 23.7. The summed E-state index contributed by atoms with van der Waals surface area (Å²) in [6, 6.07) is 19.9. The van der Waals surface area contributed by atoms with E-state index >= 15 is 0 Å². The van der Waals surface area contributed by atoms with E-state index in [2.05, 4.69) is 90.7 Å². The fourth-order valence-electron chi connectivity index (χ4n) is 4.76. The maximum absolute atomic E-state index is 4.80. The number of hydrogen-bond donors (Lipinski definition) is 1. The van der Waals surface area contributed by atoms with Gasteiger partial charge in [-0.05, 0) is 82.2 Å². The first-order valence-corrected chi connectivity index (χ1v) is 12.9. The molecule has 1 aliphatic heterocycles. The molecule has 2 aromatic carbocycles. The van der Waals surface area contributed by atoms with Gasteiger partial charge in [-0.3, -0.25) is 0 Å². The van der Waals surface area contributed by atoms with E-state index in [1.807, 2.05) is 18.3 Å². The Morgan fingerprint density at radius 1 is 1.03 bits per heavy atom. The minimum atomic E-state index is 0.146. The van der Waals surface area contributed by atoms with Gasteiger partial charge in [0.05, 0.1) is 11.6 Å². The Bertz CT molecular complexity index is 1290. The maximum atomic E-state index is 4.80. The summed E-state index contributed by atoms with van der Waals surface area (Å²) < 4.78 is 0. The topological polar surface area (TPSA) is 44.3 Å². The molecule has 2 aromatic heterocycles. The van der Waals surface area contributed by atoms with Gasteiger partial charge in [0.1, 0.15) is 11.6 Å². The predicted molar refractivity (Wildman–Crippen MR) is 145 cm³/mol. The van der Waals surface area contributed by atoms with Gasteiger partial charge in [-0.25, -0.2) is 9.97 Å². The Labute approximate surface area is 206 Å². The van der Waals surface area contributed by atoms with Gasteiger partial charge in [-0.15, -0.1) is 11.3 Å². The van der Waals surface area contributed by atoms with Gasteiger partial charge in [-0.2, -0.15) is 0 Å². The predicted octanol–water partition coefficient (Wildman–Crippen LogP) is 6.50. The number of anilines is 2. The lowest BCUT2D eigenvalue weighted by atomic mass is 10.1. The Balaban J connectivity index is 1.43. The van der Waals surface area contributed by atoms with E-state index in [0.717, 1.165) is 42.2 Å². The molecule has 0 saturated carbocycles. The van der Waals surface area contributed by atoms with E-state index in [9.17, 15) is 0 Å². The number of aromatic nitrogens is 2. The molecule has 1 fully saturated rings. The summed E-state index contributed by atoms with van der Waals surface area (Å²) >= 11 is 1.86. The molecule has 0 radical (unpaired) electrons. The van der Waals surface area contributed by atoms with Crippen LogP contribution in [0.5, 0.6) is 0 Å². The first-order valence-electron chi connectivity index (χ1n) is 12.1. The summed E-state index contributed by atoms with van der Waals surface area (Å²) in [6.07, 6.45) is 2.53. The standard InChI is InChI=1S/C28H33N5S/c1-19(26-13-14-27(34-26)23-10-6-5-9-21(23)18-32(3)4)29-28-24-17-22(33-15-7-8-16-33)11-12-25(24)30-20(2)31-28/h5-6,9-14,17,19H,7-8,15-16,18H2,1-4H3,(H,29,30,31). The quantitative estimate of drug-likeness (QED) is 0.333. The summed E-state index contributed by atoms with van der Waals surface area (Å²) in [5.74, 6) is 1.71. The Morgan fingerprint density at radius 2 is 1.82 bits per heavy atom. The van der Waals surface area contributed by atoms with Crippen LogP contribution in [0.3, 0.4) is 0 Å². The minimum absolute atomic E-state index is 0.146. The molecule has 176 valence electrons. The van der Waals surface area contributed by atoms with Crippen LogP contribution in [0, 0.1) is 6.92 Å². The molecular formula is C28H33N5S. The molecule has 0 bridgehead atoms. The molecule has 1 unspecified atom stereocenters. The lowest BCUT2D eigenvalue weighted by molar-refractivity contribution is 0.403. The monoisotopic (exact) mass is 471 g/mol. The van der Waals surface area contributed by atoms with E-state index in [1.165, 1.54) is 39.4 Å². The van der Waals surface area contributed by atoms with E-state index in [1.54, 1.807) is 0 Å². The second-order valence-electron chi connectivity index (χ2n) is 9.48. The molecule has 4 aromatic rings. The van der Waals surface area contributed by atoms with Crippen LogP contribution in [-0.4, -0.2) is 42.1 Å². The molecule has 0 aliphatic carbocycles. The van der Waals surface area contributed by atoms with Crippen LogP contribution < -0.4 is 10.2 Å². The average Bonchev–Trinajstić information content (AvgIpc) is 3.51. The van der Waals surface area contributed by atoms with Crippen molar-refractivity contribution in [3.8, 4) is 10.4 Å². The lowest BCUT2D eigenvalue weighted by Crippen LogP contribution is -2.17. The number of thiophene rings is 1. The number of nitrogens with one attached hydrogen (secondary N) is 1. The number of rotatable bonds is 7. The fraction of sp³-hybridized carbons (Fsp3) is 0.357. The van der Waals surface area contributed by atoms with Gasteiger partial charge in [0.15, 0.2) is 0 Å². The van der Waals surface area contributed by atoms with Crippen LogP contribution in [0.1, 0.15) is 42.1 Å². The van der Waals surface area contributed by atoms with Gasteiger partial charge in [0.25, 0.3) is 0 Å². The Hall–Kier alpha value is -2.96. The van der Waals surface area contributed by atoms with Gasteiger partial charge in [-0.1, -0.05) is 24.3 Å². The minimum Gasteiger partial charge on any atom is -0.372 e. The highest BCUT2D eigenvalue weighted by Crippen LogP contribution is 2.36. The van der Waals surface area contributed by atoms with E-state index < -0.39 is 0 Å². The lowest BCUT2D eigenvalue weighted by Gasteiger charge is -2.20. The van der Waals surface area contributed by atoms with Crippen molar-refractivity contribution in [2.45, 2.75) is 39.3 Å². The summed E-state index contributed by atoms with van der Waals surface area (Å²) in [4.78, 5) is 16.8. The smallest absolute Gasteiger partial charge is 0.138 e. The molecule has 1 N–H and O–H groups in total. The van der Waals surface area contributed by atoms with Crippen molar-refractivity contribution >= 4 is 33.7 Å². The first-order chi connectivity index (χ1) is 16.5. The highest BCUT2D eigenvalue weighted by atomic mass is 32.1. The number of fused-ring (bicyclic) bond motifs is 1. The van der Waals surface area contributed by atoms with Crippen LogP contribution in [0.15, 0.2) is 54.6 Å². The molecule has 34 heavy (non-hydrogen) atoms. The molecule has 6 heteroatoms. The van der Waals surface area contributed by atoms with Crippen LogP contribution in [0.4, 0.5) is 11.5 Å². The normalized spacial score (nSPS) is 14.8. The second-order valence-corrected chi connectivity index (χ2v) is 10.6. The third kappa shape index (κ3) is 4.79. The molecule has 0 amide bonds. The van der Waals surface area contributed by atoms with Crippen molar-refractivity contribution < 1.29 is 0 Å². The van der Waals surface area contributed by atoms with Crippen molar-refractivity contribution in [2.24, 2.45) is 0 Å². The van der Waals surface area contributed by atoms with Gasteiger partial charge in [0.2, 0.25) is 0 Å². The Morgan fingerprint density at radius 3 is 2.62 bits per heavy atom. The third-order valence-corrected chi connectivity index (χ3v) is 7.74. The summed E-state index contributed by atoms with van der Waals surface area (Å²) in [5, 5.41) is 4.80. The van der Waals surface area contributed by atoms with Crippen LogP contribution in [0.25, 0.3) is 21.3 Å². The molecule has 1 aliphatic rings. The van der Waals surface area contributed by atoms with E-state index in [4.69, 9.17) is 9.97 Å². The summed E-state index contributed by atoms with van der Waals surface area (Å²) in [7, 11) is 4.23. The second kappa shape index (κ2) is 9.72. The molecule has 5 rings (SSSR count). The number of hydrogen-bond acceptors (Lipinski definition) is 6. The maximum Gasteiger partial charge on any atom is 0.138 e. The van der Waals surface area contributed by atoms with Gasteiger partial charge in [0, 0.05) is 40.5 Å². The molecule has 1 saturated heterocycles. The highest BCUT2D eigenvalue weighted by molar-refractivity contribution is 7.15. The zero-order valence-corrected chi connectivity index (χ0v) is 21.3. The molecule has 3 heterocycles. The highest BCUT2D eigenvalue weighted by Gasteiger charge is 2.17. The van der Waals surface area contributed by atoms with Crippen molar-refractivity contribution in [1.29, 1.82) is 0 Å². The number of benzene rings is 2. The van der Waals surface area contributed by atoms with Crippen molar-refractivity contribution in [3.63, 3.8) is 0 Å². The first kappa shape index (κ1) is 22.8.